The Bertz CT molecular complexity index is 255. The molecule has 106 valence electrons. The van der Waals surface area contributed by atoms with Crippen LogP contribution in [0.1, 0.15) is 66.2 Å². The van der Waals surface area contributed by atoms with E-state index in [0.717, 1.165) is 32.2 Å². The molecule has 1 heterocycles. The molecule has 0 aromatic rings. The Morgan fingerprint density at radius 1 is 1.39 bits per heavy atom. The van der Waals surface area contributed by atoms with Gasteiger partial charge in [0.2, 0.25) is 5.91 Å². The van der Waals surface area contributed by atoms with Crippen LogP contribution in [0.5, 0.6) is 0 Å². The molecule has 3 unspecified atom stereocenters. The Hall–Kier alpha value is -0.570. The van der Waals surface area contributed by atoms with E-state index in [-0.39, 0.29) is 6.04 Å². The van der Waals surface area contributed by atoms with Gasteiger partial charge >= 0.3 is 0 Å². The van der Waals surface area contributed by atoms with Gasteiger partial charge in [-0.2, -0.15) is 0 Å². The van der Waals surface area contributed by atoms with E-state index in [1.807, 2.05) is 0 Å². The summed E-state index contributed by atoms with van der Waals surface area (Å²) < 4.78 is 0. The van der Waals surface area contributed by atoms with Crippen LogP contribution < -0.4 is 5.32 Å². The molecule has 1 fully saturated rings. The lowest BCUT2D eigenvalue weighted by Crippen LogP contribution is -2.53. The first-order valence-corrected chi connectivity index (χ1v) is 7.66. The van der Waals surface area contributed by atoms with E-state index in [2.05, 4.69) is 37.9 Å². The molecule has 18 heavy (non-hydrogen) atoms. The summed E-state index contributed by atoms with van der Waals surface area (Å²) in [5, 5.41) is 3.46. The fourth-order valence-electron chi connectivity index (χ4n) is 2.63. The van der Waals surface area contributed by atoms with Crippen molar-refractivity contribution in [3.05, 3.63) is 0 Å². The number of nitrogens with one attached hydrogen (secondary N) is 1. The summed E-state index contributed by atoms with van der Waals surface area (Å²) in [4.78, 5) is 14.7. The molecule has 3 nitrogen and oxygen atoms in total. The zero-order chi connectivity index (χ0) is 13.5. The van der Waals surface area contributed by atoms with E-state index in [0.29, 0.717) is 18.0 Å². The van der Waals surface area contributed by atoms with E-state index in [1.54, 1.807) is 0 Å². The van der Waals surface area contributed by atoms with Crippen LogP contribution in [0.2, 0.25) is 0 Å². The predicted octanol–water partition coefficient (Wildman–Crippen LogP) is 2.94. The first kappa shape index (κ1) is 15.5. The summed E-state index contributed by atoms with van der Waals surface area (Å²) >= 11 is 0. The van der Waals surface area contributed by atoms with Crippen molar-refractivity contribution in [2.24, 2.45) is 0 Å². The second-order valence-corrected chi connectivity index (χ2v) is 5.69. The van der Waals surface area contributed by atoms with E-state index >= 15 is 0 Å². The van der Waals surface area contributed by atoms with Crippen molar-refractivity contribution in [3.63, 3.8) is 0 Å². The average Bonchev–Trinajstić information content (AvgIpc) is 2.38. The normalized spacial score (nSPS) is 25.8. The van der Waals surface area contributed by atoms with Gasteiger partial charge in [0.1, 0.15) is 0 Å². The zero-order valence-corrected chi connectivity index (χ0v) is 12.5. The topological polar surface area (TPSA) is 32.3 Å². The molecule has 1 aliphatic heterocycles. The van der Waals surface area contributed by atoms with E-state index < -0.39 is 0 Å². The summed E-state index contributed by atoms with van der Waals surface area (Å²) in [5.74, 6) is 0.323. The number of hydrogen-bond acceptors (Lipinski definition) is 2. The number of piperidine rings is 1. The van der Waals surface area contributed by atoms with Crippen molar-refractivity contribution in [2.75, 3.05) is 6.54 Å². The number of carbonyl (C=O) groups is 1. The van der Waals surface area contributed by atoms with Gasteiger partial charge in [0.15, 0.2) is 0 Å². The van der Waals surface area contributed by atoms with Gasteiger partial charge in [-0.1, -0.05) is 20.3 Å². The molecular formula is C15H30N2O. The lowest BCUT2D eigenvalue weighted by Gasteiger charge is -2.35. The number of nitrogens with zero attached hydrogens (tertiary/aromatic N) is 1. The third kappa shape index (κ3) is 4.27. The predicted molar refractivity (Wildman–Crippen MR) is 76.6 cm³/mol. The maximum Gasteiger partial charge on any atom is 0.239 e. The number of carbonyl (C=O) groups excluding carboxylic acids is 1. The van der Waals surface area contributed by atoms with Gasteiger partial charge in [0.05, 0.1) is 6.04 Å². The van der Waals surface area contributed by atoms with Gasteiger partial charge in [0.25, 0.3) is 0 Å². The smallest absolute Gasteiger partial charge is 0.239 e. The van der Waals surface area contributed by atoms with Crippen molar-refractivity contribution >= 4 is 5.91 Å². The Morgan fingerprint density at radius 2 is 2.11 bits per heavy atom. The Labute approximate surface area is 112 Å². The minimum Gasteiger partial charge on any atom is -0.339 e. The number of hydrogen-bond donors (Lipinski definition) is 1. The fourth-order valence-corrected chi connectivity index (χ4v) is 2.63. The van der Waals surface area contributed by atoms with Crippen LogP contribution in [-0.4, -0.2) is 35.5 Å². The van der Waals surface area contributed by atoms with Gasteiger partial charge in [-0.15, -0.1) is 0 Å². The molecule has 0 spiro atoms. The van der Waals surface area contributed by atoms with Gasteiger partial charge in [-0.05, 0) is 46.0 Å². The molecule has 0 aromatic carbocycles. The molecule has 1 amide bonds. The highest BCUT2D eigenvalue weighted by molar-refractivity contribution is 5.82. The Balaban J connectivity index is 2.62. The lowest BCUT2D eigenvalue weighted by molar-refractivity contribution is -0.136. The Morgan fingerprint density at radius 3 is 2.67 bits per heavy atom. The van der Waals surface area contributed by atoms with Crippen molar-refractivity contribution in [1.82, 2.24) is 10.2 Å². The number of amides is 1. The quantitative estimate of drug-likeness (QED) is 0.790. The van der Waals surface area contributed by atoms with E-state index in [1.165, 1.54) is 12.8 Å². The molecule has 3 atom stereocenters. The van der Waals surface area contributed by atoms with Gasteiger partial charge in [-0.3, -0.25) is 4.79 Å². The molecule has 1 aliphatic rings. The van der Waals surface area contributed by atoms with Crippen LogP contribution in [0.15, 0.2) is 0 Å². The van der Waals surface area contributed by atoms with Crippen LogP contribution >= 0.6 is 0 Å². The van der Waals surface area contributed by atoms with Crippen LogP contribution in [0.3, 0.4) is 0 Å². The first-order valence-electron chi connectivity index (χ1n) is 7.66. The molecular weight excluding hydrogens is 224 g/mol. The van der Waals surface area contributed by atoms with Crippen LogP contribution in [0.4, 0.5) is 0 Å². The highest BCUT2D eigenvalue weighted by Gasteiger charge is 2.29. The maximum atomic E-state index is 12.6. The minimum absolute atomic E-state index is 0.0552. The molecule has 1 saturated heterocycles. The zero-order valence-electron chi connectivity index (χ0n) is 12.5. The van der Waals surface area contributed by atoms with Crippen molar-refractivity contribution in [2.45, 2.75) is 84.3 Å². The third-order valence-corrected chi connectivity index (χ3v) is 4.07. The van der Waals surface area contributed by atoms with Crippen molar-refractivity contribution in [3.8, 4) is 0 Å². The fraction of sp³-hybridized carbons (Fsp3) is 0.933. The minimum atomic E-state index is 0.0552. The standard InChI is InChI=1S/C15H30N2O/c1-5-7-11-17(13(4)6-2)15(18)14-10-8-9-12(3)16-14/h12-14,16H,5-11H2,1-4H3. The van der Waals surface area contributed by atoms with Crippen molar-refractivity contribution in [1.29, 1.82) is 0 Å². The van der Waals surface area contributed by atoms with Crippen LogP contribution in [0, 0.1) is 0 Å². The second-order valence-electron chi connectivity index (χ2n) is 5.69. The third-order valence-electron chi connectivity index (χ3n) is 4.07. The van der Waals surface area contributed by atoms with Gasteiger partial charge in [-0.25, -0.2) is 0 Å². The summed E-state index contributed by atoms with van der Waals surface area (Å²) in [6.45, 7) is 9.60. The molecule has 3 heteroatoms. The molecule has 0 aromatic heterocycles. The molecule has 0 aliphatic carbocycles. The van der Waals surface area contributed by atoms with Crippen LogP contribution in [-0.2, 0) is 4.79 Å². The molecule has 0 radical (unpaired) electrons. The van der Waals surface area contributed by atoms with E-state index in [4.69, 9.17) is 0 Å². The highest BCUT2D eigenvalue weighted by Crippen LogP contribution is 2.17. The maximum absolute atomic E-state index is 12.6. The van der Waals surface area contributed by atoms with Crippen molar-refractivity contribution < 1.29 is 4.79 Å². The largest absolute Gasteiger partial charge is 0.339 e. The summed E-state index contributed by atoms with van der Waals surface area (Å²) in [6, 6.07) is 0.903. The summed E-state index contributed by atoms with van der Waals surface area (Å²) in [7, 11) is 0. The number of rotatable bonds is 6. The molecule has 1 N–H and O–H groups in total. The van der Waals surface area contributed by atoms with E-state index in [9.17, 15) is 4.79 Å². The molecule has 0 bridgehead atoms. The van der Waals surface area contributed by atoms with Gasteiger partial charge in [0, 0.05) is 18.6 Å². The Kier molecular flexibility index (Phi) is 6.69. The SMILES string of the molecule is CCCCN(C(=O)C1CCCC(C)N1)C(C)CC. The van der Waals surface area contributed by atoms with Crippen LogP contribution in [0.25, 0.3) is 0 Å². The molecule has 0 saturated carbocycles. The van der Waals surface area contributed by atoms with Gasteiger partial charge < -0.3 is 10.2 Å². The lowest BCUT2D eigenvalue weighted by atomic mass is 9.98. The number of unbranched alkanes of at least 4 members (excludes halogenated alkanes) is 1. The summed E-state index contributed by atoms with van der Waals surface area (Å²) in [6.07, 6.45) is 6.67. The highest BCUT2D eigenvalue weighted by atomic mass is 16.2. The monoisotopic (exact) mass is 254 g/mol. The average molecular weight is 254 g/mol. The molecule has 1 rings (SSSR count). The first-order chi connectivity index (χ1) is 8.60. The summed E-state index contributed by atoms with van der Waals surface area (Å²) in [5.41, 5.74) is 0. The second kappa shape index (κ2) is 7.78.